The van der Waals surface area contributed by atoms with Gasteiger partial charge in [0.1, 0.15) is 6.04 Å². The Morgan fingerprint density at radius 3 is 2.58 bits per heavy atom. The highest BCUT2D eigenvalue weighted by atomic mass is 32.1. The molecule has 1 amide bonds. The lowest BCUT2D eigenvalue weighted by atomic mass is 9.99. The fourth-order valence-electron chi connectivity index (χ4n) is 2.33. The van der Waals surface area contributed by atoms with E-state index in [1.165, 1.54) is 34.6 Å². The van der Waals surface area contributed by atoms with Crippen molar-refractivity contribution in [2.75, 3.05) is 0 Å². The summed E-state index contributed by atoms with van der Waals surface area (Å²) in [5.74, 6) is -1.37. The largest absolute Gasteiger partial charge is 0.480 e. The Bertz CT molecular complexity index is 469. The predicted octanol–water partition coefficient (Wildman–Crippen LogP) is 2.47. The first kappa shape index (κ1) is 14.1. The van der Waals surface area contributed by atoms with Crippen molar-refractivity contribution in [3.8, 4) is 0 Å². The number of hydrogen-bond acceptors (Lipinski definition) is 3. The second-order valence-electron chi connectivity index (χ2n) is 5.30. The fraction of sp³-hybridized carbons (Fsp3) is 0.571. The van der Waals surface area contributed by atoms with Crippen molar-refractivity contribution in [1.29, 1.82) is 0 Å². The predicted molar refractivity (Wildman–Crippen MR) is 74.7 cm³/mol. The number of aliphatic carboxylic acids is 1. The van der Waals surface area contributed by atoms with Crippen LogP contribution in [0.1, 0.15) is 46.8 Å². The lowest BCUT2D eigenvalue weighted by molar-refractivity contribution is -0.140. The zero-order chi connectivity index (χ0) is 14.0. The van der Waals surface area contributed by atoms with E-state index in [-0.39, 0.29) is 11.8 Å². The number of carbonyl (C=O) groups excluding carboxylic acids is 1. The van der Waals surface area contributed by atoms with E-state index in [2.05, 4.69) is 5.32 Å². The van der Waals surface area contributed by atoms with Gasteiger partial charge >= 0.3 is 5.97 Å². The third-order valence-corrected chi connectivity index (χ3v) is 4.68. The molecule has 104 valence electrons. The summed E-state index contributed by atoms with van der Waals surface area (Å²) < 4.78 is 0. The molecular formula is C14H19NO3S. The van der Waals surface area contributed by atoms with Gasteiger partial charge in [0.15, 0.2) is 0 Å². The minimum absolute atomic E-state index is 0.129. The van der Waals surface area contributed by atoms with E-state index in [1.54, 1.807) is 13.8 Å². The molecule has 0 radical (unpaired) electrons. The van der Waals surface area contributed by atoms with Gasteiger partial charge in [0.25, 0.3) is 5.91 Å². The molecule has 1 atom stereocenters. The Morgan fingerprint density at radius 2 is 2.00 bits per heavy atom. The average Bonchev–Trinajstić information content (AvgIpc) is 2.78. The van der Waals surface area contributed by atoms with Gasteiger partial charge in [0, 0.05) is 4.88 Å². The Morgan fingerprint density at radius 1 is 1.32 bits per heavy atom. The number of carboxylic acids is 1. The summed E-state index contributed by atoms with van der Waals surface area (Å²) in [7, 11) is 0. The Labute approximate surface area is 116 Å². The van der Waals surface area contributed by atoms with Gasteiger partial charge in [-0.15, -0.1) is 11.3 Å². The number of carbonyl (C=O) groups is 2. The number of thiophene rings is 1. The molecule has 1 aromatic rings. The van der Waals surface area contributed by atoms with E-state index in [1.807, 2.05) is 6.07 Å². The van der Waals surface area contributed by atoms with E-state index in [0.717, 1.165) is 12.8 Å². The van der Waals surface area contributed by atoms with Gasteiger partial charge in [-0.1, -0.05) is 13.8 Å². The van der Waals surface area contributed by atoms with Crippen LogP contribution < -0.4 is 5.32 Å². The minimum Gasteiger partial charge on any atom is -0.480 e. The summed E-state index contributed by atoms with van der Waals surface area (Å²) in [6.07, 6.45) is 4.43. The normalized spacial score (nSPS) is 15.9. The lowest BCUT2D eigenvalue weighted by Crippen LogP contribution is -2.44. The van der Waals surface area contributed by atoms with Gasteiger partial charge in [0.05, 0.1) is 4.88 Å². The zero-order valence-electron chi connectivity index (χ0n) is 11.2. The average molecular weight is 281 g/mol. The van der Waals surface area contributed by atoms with Gasteiger partial charge in [0.2, 0.25) is 0 Å². The Kier molecular flexibility index (Phi) is 4.24. The zero-order valence-corrected chi connectivity index (χ0v) is 12.0. The molecule has 0 bridgehead atoms. The van der Waals surface area contributed by atoms with E-state index in [9.17, 15) is 9.59 Å². The smallest absolute Gasteiger partial charge is 0.326 e. The minimum atomic E-state index is -0.982. The van der Waals surface area contributed by atoms with E-state index >= 15 is 0 Å². The number of carboxylic acid groups (broad SMARTS) is 1. The summed E-state index contributed by atoms with van der Waals surface area (Å²) >= 11 is 1.50. The summed E-state index contributed by atoms with van der Waals surface area (Å²) in [6.45, 7) is 3.58. The molecule has 1 heterocycles. The number of fused-ring (bicyclic) bond motifs is 1. The van der Waals surface area contributed by atoms with Gasteiger partial charge in [-0.2, -0.15) is 0 Å². The third kappa shape index (κ3) is 3.15. The molecule has 0 aliphatic heterocycles. The first-order chi connectivity index (χ1) is 8.99. The number of nitrogens with one attached hydrogen (secondary N) is 1. The Hall–Kier alpha value is -1.36. The molecule has 1 aliphatic carbocycles. The summed E-state index contributed by atoms with van der Waals surface area (Å²) in [5, 5.41) is 11.7. The molecule has 0 saturated carbocycles. The van der Waals surface area contributed by atoms with Crippen molar-refractivity contribution in [3.63, 3.8) is 0 Å². The Balaban J connectivity index is 2.11. The van der Waals surface area contributed by atoms with E-state index < -0.39 is 12.0 Å². The van der Waals surface area contributed by atoms with Crippen LogP contribution in [0.2, 0.25) is 0 Å². The molecule has 0 unspecified atom stereocenters. The summed E-state index contributed by atoms with van der Waals surface area (Å²) in [4.78, 5) is 25.1. The second kappa shape index (κ2) is 5.74. The first-order valence-corrected chi connectivity index (χ1v) is 7.46. The maximum absolute atomic E-state index is 12.1. The van der Waals surface area contributed by atoms with E-state index in [4.69, 9.17) is 5.11 Å². The highest BCUT2D eigenvalue weighted by molar-refractivity contribution is 7.14. The maximum Gasteiger partial charge on any atom is 0.326 e. The molecule has 2 N–H and O–H groups in total. The second-order valence-corrected chi connectivity index (χ2v) is 6.44. The summed E-state index contributed by atoms with van der Waals surface area (Å²) in [5.41, 5.74) is 1.26. The van der Waals surface area contributed by atoms with Crippen LogP contribution in [0.4, 0.5) is 0 Å². The molecule has 1 aromatic heterocycles. The van der Waals surface area contributed by atoms with Crippen molar-refractivity contribution in [3.05, 3.63) is 21.4 Å². The van der Waals surface area contributed by atoms with E-state index in [0.29, 0.717) is 4.88 Å². The molecule has 19 heavy (non-hydrogen) atoms. The molecule has 2 rings (SSSR count). The maximum atomic E-state index is 12.1. The molecule has 0 spiro atoms. The standard InChI is InChI=1S/C14H19NO3S/c1-8(2)12(14(17)18)15-13(16)11-7-9-5-3-4-6-10(9)19-11/h7-8,12H,3-6H2,1-2H3,(H,15,16)(H,17,18)/t12-/m0/s1. The van der Waals surface area contributed by atoms with Crippen molar-refractivity contribution in [2.24, 2.45) is 5.92 Å². The lowest BCUT2D eigenvalue weighted by Gasteiger charge is -2.17. The summed E-state index contributed by atoms with van der Waals surface area (Å²) in [6, 6.07) is 1.10. The van der Waals surface area contributed by atoms with Gasteiger partial charge in [-0.05, 0) is 43.2 Å². The van der Waals surface area contributed by atoms with Crippen LogP contribution in [0.5, 0.6) is 0 Å². The molecule has 4 nitrogen and oxygen atoms in total. The van der Waals surface area contributed by atoms with Crippen LogP contribution in [-0.4, -0.2) is 23.0 Å². The molecule has 0 aromatic carbocycles. The SMILES string of the molecule is CC(C)[C@H](NC(=O)c1cc2c(s1)CCCC2)C(=O)O. The molecule has 1 aliphatic rings. The van der Waals surface area contributed by atoms with Crippen molar-refractivity contribution in [1.82, 2.24) is 5.32 Å². The van der Waals surface area contributed by atoms with Gasteiger partial charge in [-0.3, -0.25) is 4.79 Å². The quantitative estimate of drug-likeness (QED) is 0.891. The van der Waals surface area contributed by atoms with Crippen LogP contribution in [0.15, 0.2) is 6.07 Å². The molecular weight excluding hydrogens is 262 g/mol. The molecule has 0 saturated heterocycles. The van der Waals surface area contributed by atoms with Gasteiger partial charge < -0.3 is 10.4 Å². The fourth-order valence-corrected chi connectivity index (χ4v) is 3.49. The van der Waals surface area contributed by atoms with Crippen molar-refractivity contribution in [2.45, 2.75) is 45.6 Å². The van der Waals surface area contributed by atoms with Crippen molar-refractivity contribution < 1.29 is 14.7 Å². The van der Waals surface area contributed by atoms with Crippen LogP contribution >= 0.6 is 11.3 Å². The monoisotopic (exact) mass is 281 g/mol. The van der Waals surface area contributed by atoms with Gasteiger partial charge in [-0.25, -0.2) is 4.79 Å². The van der Waals surface area contributed by atoms with Crippen LogP contribution in [0, 0.1) is 5.92 Å². The molecule has 5 heteroatoms. The van der Waals surface area contributed by atoms with Crippen molar-refractivity contribution >= 4 is 23.2 Å². The number of amides is 1. The highest BCUT2D eigenvalue weighted by Gasteiger charge is 2.25. The number of hydrogen-bond donors (Lipinski definition) is 2. The number of aryl methyl sites for hydroxylation is 2. The first-order valence-electron chi connectivity index (χ1n) is 6.64. The van der Waals surface area contributed by atoms with Crippen LogP contribution in [0.25, 0.3) is 0 Å². The third-order valence-electron chi connectivity index (χ3n) is 3.44. The number of rotatable bonds is 4. The van der Waals surface area contributed by atoms with Crippen LogP contribution in [0.3, 0.4) is 0 Å². The topological polar surface area (TPSA) is 66.4 Å². The highest BCUT2D eigenvalue weighted by Crippen LogP contribution is 2.29. The molecule has 0 fully saturated rings. The van der Waals surface area contributed by atoms with Crippen LogP contribution in [-0.2, 0) is 17.6 Å².